The van der Waals surface area contributed by atoms with Crippen molar-refractivity contribution in [2.75, 3.05) is 0 Å². The van der Waals surface area contributed by atoms with Crippen LogP contribution in [0.15, 0.2) is 59.5 Å². The SMILES string of the molecule is O=c1[nH]c(-c2ccccc2)cc2cccnc12. The molecule has 0 aliphatic carbocycles. The number of fused-ring (bicyclic) bond motifs is 1. The first-order valence-electron chi connectivity index (χ1n) is 5.38. The van der Waals surface area contributed by atoms with Crippen LogP contribution >= 0.6 is 0 Å². The lowest BCUT2D eigenvalue weighted by molar-refractivity contribution is 1.24. The molecule has 3 heteroatoms. The first-order valence-corrected chi connectivity index (χ1v) is 5.38. The van der Waals surface area contributed by atoms with Gasteiger partial charge in [0.1, 0.15) is 5.52 Å². The van der Waals surface area contributed by atoms with E-state index < -0.39 is 0 Å². The summed E-state index contributed by atoms with van der Waals surface area (Å²) in [7, 11) is 0. The lowest BCUT2D eigenvalue weighted by atomic mass is 10.1. The molecular formula is C14H10N2O. The van der Waals surface area contributed by atoms with Gasteiger partial charge < -0.3 is 4.98 Å². The monoisotopic (exact) mass is 222 g/mol. The fourth-order valence-corrected chi connectivity index (χ4v) is 1.87. The average molecular weight is 222 g/mol. The van der Waals surface area contributed by atoms with Crippen LogP contribution in [-0.4, -0.2) is 9.97 Å². The molecule has 1 N–H and O–H groups in total. The lowest BCUT2D eigenvalue weighted by Crippen LogP contribution is -2.08. The molecule has 3 aromatic rings. The largest absolute Gasteiger partial charge is 0.320 e. The van der Waals surface area contributed by atoms with Gasteiger partial charge in [-0.2, -0.15) is 0 Å². The number of pyridine rings is 2. The zero-order valence-corrected chi connectivity index (χ0v) is 9.05. The number of nitrogens with one attached hydrogen (secondary N) is 1. The van der Waals surface area contributed by atoms with Crippen LogP contribution < -0.4 is 5.56 Å². The number of aromatic amines is 1. The number of aromatic nitrogens is 2. The smallest absolute Gasteiger partial charge is 0.274 e. The molecule has 0 saturated carbocycles. The maximum Gasteiger partial charge on any atom is 0.274 e. The fourth-order valence-electron chi connectivity index (χ4n) is 1.87. The zero-order valence-electron chi connectivity index (χ0n) is 9.05. The van der Waals surface area contributed by atoms with E-state index in [1.54, 1.807) is 6.20 Å². The Labute approximate surface area is 97.8 Å². The Morgan fingerprint density at radius 2 is 1.82 bits per heavy atom. The fraction of sp³-hybridized carbons (Fsp3) is 0. The Morgan fingerprint density at radius 3 is 2.65 bits per heavy atom. The van der Waals surface area contributed by atoms with Crippen LogP contribution in [0.3, 0.4) is 0 Å². The van der Waals surface area contributed by atoms with Crippen LogP contribution in [0.1, 0.15) is 0 Å². The number of benzene rings is 1. The molecule has 0 bridgehead atoms. The number of nitrogens with zero attached hydrogens (tertiary/aromatic N) is 1. The maximum atomic E-state index is 11.9. The Hall–Kier alpha value is -2.42. The van der Waals surface area contributed by atoms with Gasteiger partial charge in [-0.1, -0.05) is 36.4 Å². The van der Waals surface area contributed by atoms with Gasteiger partial charge in [0.05, 0.1) is 0 Å². The Morgan fingerprint density at radius 1 is 1.00 bits per heavy atom. The molecule has 0 aliphatic rings. The number of H-pyrrole nitrogens is 1. The van der Waals surface area contributed by atoms with Gasteiger partial charge in [-0.05, 0) is 17.7 Å². The second-order valence-electron chi connectivity index (χ2n) is 3.82. The average Bonchev–Trinajstić information content (AvgIpc) is 2.40. The standard InChI is InChI=1S/C14H10N2O/c17-14-13-11(7-4-8-15-13)9-12(16-14)10-5-2-1-3-6-10/h1-9H,(H,16,17). The zero-order chi connectivity index (χ0) is 11.7. The van der Waals surface area contributed by atoms with Crippen LogP contribution in [0, 0.1) is 0 Å². The van der Waals surface area contributed by atoms with E-state index in [0.29, 0.717) is 5.52 Å². The van der Waals surface area contributed by atoms with Crippen LogP contribution in [0.2, 0.25) is 0 Å². The van der Waals surface area contributed by atoms with Crippen LogP contribution in [0.4, 0.5) is 0 Å². The van der Waals surface area contributed by atoms with Gasteiger partial charge in [0.2, 0.25) is 0 Å². The highest BCUT2D eigenvalue weighted by Crippen LogP contribution is 2.18. The molecule has 0 radical (unpaired) electrons. The quantitative estimate of drug-likeness (QED) is 0.687. The molecule has 17 heavy (non-hydrogen) atoms. The van der Waals surface area contributed by atoms with E-state index in [-0.39, 0.29) is 5.56 Å². The van der Waals surface area contributed by atoms with Crippen LogP contribution in [0.5, 0.6) is 0 Å². The van der Waals surface area contributed by atoms with Crippen molar-refractivity contribution in [3.63, 3.8) is 0 Å². The molecule has 0 unspecified atom stereocenters. The highest BCUT2D eigenvalue weighted by molar-refractivity contribution is 5.81. The number of hydrogen-bond donors (Lipinski definition) is 1. The second-order valence-corrected chi connectivity index (χ2v) is 3.82. The summed E-state index contributed by atoms with van der Waals surface area (Å²) >= 11 is 0. The van der Waals surface area contributed by atoms with Crippen LogP contribution in [0.25, 0.3) is 22.2 Å². The van der Waals surface area contributed by atoms with E-state index in [0.717, 1.165) is 16.6 Å². The van der Waals surface area contributed by atoms with Gasteiger partial charge in [-0.25, -0.2) is 0 Å². The van der Waals surface area contributed by atoms with Gasteiger partial charge in [0.25, 0.3) is 5.56 Å². The molecule has 2 aromatic heterocycles. The molecule has 3 nitrogen and oxygen atoms in total. The van der Waals surface area contributed by atoms with E-state index in [1.807, 2.05) is 48.5 Å². The van der Waals surface area contributed by atoms with Crippen LogP contribution in [-0.2, 0) is 0 Å². The highest BCUT2D eigenvalue weighted by Gasteiger charge is 2.03. The molecule has 1 aromatic carbocycles. The summed E-state index contributed by atoms with van der Waals surface area (Å²) in [6.45, 7) is 0. The third kappa shape index (κ3) is 1.72. The summed E-state index contributed by atoms with van der Waals surface area (Å²) in [5.74, 6) is 0. The Balaban J connectivity index is 2.30. The minimum absolute atomic E-state index is 0.151. The lowest BCUT2D eigenvalue weighted by Gasteiger charge is -2.02. The van der Waals surface area contributed by atoms with E-state index in [9.17, 15) is 4.79 Å². The molecule has 0 amide bonds. The Bertz CT molecular complexity index is 717. The summed E-state index contributed by atoms with van der Waals surface area (Å²) in [6, 6.07) is 15.4. The minimum atomic E-state index is -0.151. The molecule has 0 aliphatic heterocycles. The van der Waals surface area contributed by atoms with Crippen molar-refractivity contribution in [3.8, 4) is 11.3 Å². The molecule has 3 rings (SSSR count). The van der Waals surface area contributed by atoms with Gasteiger partial charge >= 0.3 is 0 Å². The molecule has 82 valence electrons. The van der Waals surface area contributed by atoms with Crippen molar-refractivity contribution in [1.82, 2.24) is 9.97 Å². The molecule has 0 atom stereocenters. The van der Waals surface area contributed by atoms with Crippen molar-refractivity contribution >= 4 is 10.9 Å². The molecule has 0 spiro atoms. The third-order valence-electron chi connectivity index (χ3n) is 2.69. The normalized spacial score (nSPS) is 10.6. The highest BCUT2D eigenvalue weighted by atomic mass is 16.1. The molecular weight excluding hydrogens is 212 g/mol. The van der Waals surface area contributed by atoms with E-state index >= 15 is 0 Å². The number of hydrogen-bond acceptors (Lipinski definition) is 2. The van der Waals surface area contributed by atoms with Crippen molar-refractivity contribution in [1.29, 1.82) is 0 Å². The maximum absolute atomic E-state index is 11.9. The number of rotatable bonds is 1. The summed E-state index contributed by atoms with van der Waals surface area (Å²) in [6.07, 6.45) is 1.62. The first kappa shape index (κ1) is 9.78. The molecule has 2 heterocycles. The van der Waals surface area contributed by atoms with Gasteiger partial charge in [-0.3, -0.25) is 9.78 Å². The summed E-state index contributed by atoms with van der Waals surface area (Å²) in [4.78, 5) is 18.8. The van der Waals surface area contributed by atoms with Gasteiger partial charge in [0, 0.05) is 17.3 Å². The van der Waals surface area contributed by atoms with Gasteiger partial charge in [0.15, 0.2) is 0 Å². The first-order chi connectivity index (χ1) is 8.34. The molecule has 0 fully saturated rings. The van der Waals surface area contributed by atoms with Crippen molar-refractivity contribution in [2.24, 2.45) is 0 Å². The van der Waals surface area contributed by atoms with Crippen molar-refractivity contribution in [3.05, 3.63) is 65.1 Å². The predicted octanol–water partition coefficient (Wildman–Crippen LogP) is 2.59. The summed E-state index contributed by atoms with van der Waals surface area (Å²) in [5.41, 5.74) is 2.14. The minimum Gasteiger partial charge on any atom is -0.320 e. The van der Waals surface area contributed by atoms with Crippen molar-refractivity contribution < 1.29 is 0 Å². The predicted molar refractivity (Wildman–Crippen MR) is 67.8 cm³/mol. The summed E-state index contributed by atoms with van der Waals surface area (Å²) in [5, 5.41) is 0.857. The van der Waals surface area contributed by atoms with Crippen molar-refractivity contribution in [2.45, 2.75) is 0 Å². The molecule has 0 saturated heterocycles. The van der Waals surface area contributed by atoms with E-state index in [2.05, 4.69) is 9.97 Å². The van der Waals surface area contributed by atoms with E-state index in [4.69, 9.17) is 0 Å². The third-order valence-corrected chi connectivity index (χ3v) is 2.69. The van der Waals surface area contributed by atoms with E-state index in [1.165, 1.54) is 0 Å². The Kier molecular flexibility index (Phi) is 2.22. The topological polar surface area (TPSA) is 45.8 Å². The second kappa shape index (κ2) is 3.87. The van der Waals surface area contributed by atoms with Gasteiger partial charge in [-0.15, -0.1) is 0 Å². The summed E-state index contributed by atoms with van der Waals surface area (Å²) < 4.78 is 0.